The highest BCUT2D eigenvalue weighted by Crippen LogP contribution is 2.25. The van der Waals surface area contributed by atoms with Gasteiger partial charge in [0.25, 0.3) is 0 Å². The summed E-state index contributed by atoms with van der Waals surface area (Å²) in [6.07, 6.45) is 1.14. The maximum Gasteiger partial charge on any atom is 0.242 e. The van der Waals surface area contributed by atoms with Crippen molar-refractivity contribution in [3.63, 3.8) is 0 Å². The van der Waals surface area contributed by atoms with Gasteiger partial charge in [0.1, 0.15) is 4.90 Å². The molecule has 7 nitrogen and oxygen atoms in total. The summed E-state index contributed by atoms with van der Waals surface area (Å²) in [7, 11) is -5.69. The van der Waals surface area contributed by atoms with Crippen LogP contribution in [0.3, 0.4) is 0 Å². The minimum atomic E-state index is -3.70. The van der Waals surface area contributed by atoms with Gasteiger partial charge in [-0.2, -0.15) is 0 Å². The Kier molecular flexibility index (Phi) is 4.91. The molecule has 1 aromatic rings. The van der Waals surface area contributed by atoms with Crippen LogP contribution in [0.4, 0.5) is 11.4 Å². The Morgan fingerprint density at radius 3 is 2.24 bits per heavy atom. The quantitative estimate of drug-likeness (QED) is 0.648. The Balaban J connectivity index is 3.17. The largest absolute Gasteiger partial charge is 0.399 e. The molecule has 0 radical (unpaired) electrons. The Morgan fingerprint density at radius 2 is 1.76 bits per heavy atom. The third kappa shape index (κ3) is 4.08. The zero-order valence-corrected chi connectivity index (χ0v) is 14.1. The van der Waals surface area contributed by atoms with Crippen molar-refractivity contribution in [1.82, 2.24) is 4.72 Å². The highest BCUT2D eigenvalue weighted by atomic mass is 32.2. The number of benzene rings is 1. The number of sulfonamides is 1. The second kappa shape index (κ2) is 5.82. The minimum absolute atomic E-state index is 0.0192. The fourth-order valence-electron chi connectivity index (χ4n) is 1.46. The molecule has 0 saturated heterocycles. The van der Waals surface area contributed by atoms with E-state index in [0.29, 0.717) is 11.4 Å². The maximum atomic E-state index is 12.0. The van der Waals surface area contributed by atoms with Crippen LogP contribution in [0.2, 0.25) is 0 Å². The lowest BCUT2D eigenvalue weighted by atomic mass is 10.2. The monoisotopic (exact) mass is 335 g/mol. The van der Waals surface area contributed by atoms with E-state index < -0.39 is 24.6 Å². The Hall–Kier alpha value is -1.32. The summed E-state index contributed by atoms with van der Waals surface area (Å²) in [6.45, 7) is 3.21. The molecule has 0 spiro atoms. The van der Waals surface area contributed by atoms with Crippen molar-refractivity contribution in [2.24, 2.45) is 0 Å². The molecule has 1 aromatic carbocycles. The number of sulfone groups is 1. The molecule has 0 aliphatic heterocycles. The second-order valence-electron chi connectivity index (χ2n) is 5.35. The maximum absolute atomic E-state index is 12.0. The van der Waals surface area contributed by atoms with Crippen LogP contribution in [0, 0.1) is 0 Å². The minimum Gasteiger partial charge on any atom is -0.399 e. The van der Waals surface area contributed by atoms with Gasteiger partial charge in [-0.15, -0.1) is 0 Å². The van der Waals surface area contributed by atoms with Crippen LogP contribution in [-0.2, 0) is 19.9 Å². The van der Waals surface area contributed by atoms with Gasteiger partial charge in [0.05, 0.1) is 10.4 Å². The summed E-state index contributed by atoms with van der Waals surface area (Å²) >= 11 is 0. The van der Waals surface area contributed by atoms with Crippen molar-refractivity contribution < 1.29 is 16.8 Å². The van der Waals surface area contributed by atoms with Crippen molar-refractivity contribution in [3.05, 3.63) is 18.2 Å². The molecule has 0 atom stereocenters. The number of anilines is 2. The lowest BCUT2D eigenvalue weighted by molar-refractivity contribution is 0.559. The number of nitrogens with two attached hydrogens (primary N) is 1. The van der Waals surface area contributed by atoms with Gasteiger partial charge in [-0.05, 0) is 39.1 Å². The number of nitrogen functional groups attached to an aromatic ring is 1. The van der Waals surface area contributed by atoms with Gasteiger partial charge in [-0.3, -0.25) is 0 Å². The molecule has 0 aliphatic carbocycles. The molecular formula is C12H21N3O4S2. The van der Waals surface area contributed by atoms with Gasteiger partial charge in [0.2, 0.25) is 10.0 Å². The van der Waals surface area contributed by atoms with Crippen molar-refractivity contribution in [1.29, 1.82) is 0 Å². The molecule has 0 amide bonds. The standard InChI is InChI=1S/C12H21N3O4S2/c1-12(2,20(4,16)17)8-15-10-6-5-9(13)7-11(10)21(18,19)14-3/h5-7,14-15H,8,13H2,1-4H3. The summed E-state index contributed by atoms with van der Waals surface area (Å²) in [5.74, 6) is 0. The zero-order valence-electron chi connectivity index (χ0n) is 12.5. The lowest BCUT2D eigenvalue weighted by Crippen LogP contribution is -2.38. The summed E-state index contributed by atoms with van der Waals surface area (Å²) < 4.78 is 48.5. The van der Waals surface area contributed by atoms with Crippen LogP contribution < -0.4 is 15.8 Å². The molecule has 0 fully saturated rings. The molecule has 0 heterocycles. The first kappa shape index (κ1) is 17.7. The third-order valence-corrected chi connectivity index (χ3v) is 6.88. The zero-order chi connectivity index (χ0) is 16.5. The highest BCUT2D eigenvalue weighted by molar-refractivity contribution is 7.92. The van der Waals surface area contributed by atoms with Gasteiger partial charge < -0.3 is 11.1 Å². The van der Waals surface area contributed by atoms with Gasteiger partial charge in [0, 0.05) is 18.5 Å². The summed E-state index contributed by atoms with van der Waals surface area (Å²) in [5.41, 5.74) is 6.22. The van der Waals surface area contributed by atoms with E-state index in [1.807, 2.05) is 0 Å². The van der Waals surface area contributed by atoms with Crippen LogP contribution in [0.15, 0.2) is 23.1 Å². The van der Waals surface area contributed by atoms with E-state index in [-0.39, 0.29) is 11.4 Å². The predicted octanol–water partition coefficient (Wildman–Crippen LogP) is 0.412. The van der Waals surface area contributed by atoms with E-state index in [0.717, 1.165) is 6.26 Å². The van der Waals surface area contributed by atoms with E-state index in [1.165, 1.54) is 19.2 Å². The van der Waals surface area contributed by atoms with E-state index >= 15 is 0 Å². The third-order valence-electron chi connectivity index (χ3n) is 3.27. The van der Waals surface area contributed by atoms with Gasteiger partial charge in [-0.1, -0.05) is 0 Å². The summed E-state index contributed by atoms with van der Waals surface area (Å²) in [4.78, 5) is -0.0192. The molecule has 120 valence electrons. The fourth-order valence-corrected chi connectivity index (χ4v) is 2.73. The average Bonchev–Trinajstić information content (AvgIpc) is 2.36. The van der Waals surface area contributed by atoms with Crippen LogP contribution in [-0.4, -0.2) is 41.4 Å². The van der Waals surface area contributed by atoms with Crippen molar-refractivity contribution in [3.8, 4) is 0 Å². The molecule has 0 unspecified atom stereocenters. The molecule has 9 heteroatoms. The molecule has 0 aromatic heterocycles. The highest BCUT2D eigenvalue weighted by Gasteiger charge is 2.30. The lowest BCUT2D eigenvalue weighted by Gasteiger charge is -2.24. The van der Waals surface area contributed by atoms with Gasteiger partial charge in [-0.25, -0.2) is 21.6 Å². The first-order valence-electron chi connectivity index (χ1n) is 6.17. The molecule has 4 N–H and O–H groups in total. The van der Waals surface area contributed by atoms with E-state index in [9.17, 15) is 16.8 Å². The molecule has 0 saturated carbocycles. The van der Waals surface area contributed by atoms with Crippen LogP contribution >= 0.6 is 0 Å². The number of rotatable bonds is 6. The first-order chi connectivity index (χ1) is 9.40. The first-order valence-corrected chi connectivity index (χ1v) is 9.55. The van der Waals surface area contributed by atoms with Crippen LogP contribution in [0.5, 0.6) is 0 Å². The second-order valence-corrected chi connectivity index (χ2v) is 9.85. The number of hydrogen-bond donors (Lipinski definition) is 3. The van der Waals surface area contributed by atoms with Crippen molar-refractivity contribution in [2.45, 2.75) is 23.5 Å². The number of hydrogen-bond acceptors (Lipinski definition) is 6. The topological polar surface area (TPSA) is 118 Å². The fraction of sp³-hybridized carbons (Fsp3) is 0.500. The van der Waals surface area contributed by atoms with Gasteiger partial charge >= 0.3 is 0 Å². The van der Waals surface area contributed by atoms with E-state index in [4.69, 9.17) is 5.73 Å². The molecular weight excluding hydrogens is 314 g/mol. The van der Waals surface area contributed by atoms with Crippen LogP contribution in [0.25, 0.3) is 0 Å². The molecule has 0 bridgehead atoms. The molecule has 0 aliphatic rings. The number of nitrogens with one attached hydrogen (secondary N) is 2. The average molecular weight is 335 g/mol. The van der Waals surface area contributed by atoms with Gasteiger partial charge in [0.15, 0.2) is 9.84 Å². The smallest absolute Gasteiger partial charge is 0.242 e. The Labute approximate surface area is 125 Å². The Bertz CT molecular complexity index is 725. The molecule has 21 heavy (non-hydrogen) atoms. The Morgan fingerprint density at radius 1 is 1.19 bits per heavy atom. The van der Waals surface area contributed by atoms with E-state index in [1.54, 1.807) is 19.9 Å². The van der Waals surface area contributed by atoms with Crippen LogP contribution in [0.1, 0.15) is 13.8 Å². The SMILES string of the molecule is CNS(=O)(=O)c1cc(N)ccc1NCC(C)(C)S(C)(=O)=O. The van der Waals surface area contributed by atoms with Crippen molar-refractivity contribution in [2.75, 3.05) is 30.9 Å². The summed E-state index contributed by atoms with van der Waals surface area (Å²) in [6, 6.07) is 4.38. The molecule has 1 rings (SSSR count). The normalized spacial score (nSPS) is 13.1. The van der Waals surface area contributed by atoms with E-state index in [2.05, 4.69) is 10.0 Å². The summed E-state index contributed by atoms with van der Waals surface area (Å²) in [5, 5.41) is 2.87. The predicted molar refractivity (Wildman–Crippen MR) is 84.5 cm³/mol. The van der Waals surface area contributed by atoms with Crippen molar-refractivity contribution >= 4 is 31.2 Å².